The molecule has 0 aliphatic rings. The number of hydrogen-bond acceptors (Lipinski definition) is 4. The van der Waals surface area contributed by atoms with Gasteiger partial charge < -0.3 is 10.2 Å². The van der Waals surface area contributed by atoms with Crippen molar-refractivity contribution in [1.29, 1.82) is 0 Å². The maximum absolute atomic E-state index is 13.3. The molecular weight excluding hydrogens is 486 g/mol. The number of halogens is 1. The van der Waals surface area contributed by atoms with Crippen molar-refractivity contribution in [1.82, 2.24) is 10.2 Å². The van der Waals surface area contributed by atoms with Crippen molar-refractivity contribution in [3.63, 3.8) is 0 Å². The average molecular weight is 522 g/mol. The molecule has 0 saturated carbocycles. The summed E-state index contributed by atoms with van der Waals surface area (Å²) in [7, 11) is -3.58. The summed E-state index contributed by atoms with van der Waals surface area (Å²) in [4.78, 5) is 27.5. The van der Waals surface area contributed by atoms with Crippen LogP contribution in [0.5, 0.6) is 0 Å². The fourth-order valence-electron chi connectivity index (χ4n) is 3.75. The van der Waals surface area contributed by atoms with Gasteiger partial charge in [-0.05, 0) is 49.9 Å². The van der Waals surface area contributed by atoms with Crippen molar-refractivity contribution in [3.05, 3.63) is 64.7 Å². The van der Waals surface area contributed by atoms with Crippen LogP contribution in [0.2, 0.25) is 5.02 Å². The molecule has 0 radical (unpaired) electrons. The van der Waals surface area contributed by atoms with Crippen LogP contribution in [0.3, 0.4) is 0 Å². The number of nitrogens with zero attached hydrogens (tertiary/aromatic N) is 2. The number of unbranched alkanes of at least 4 members (excludes halogenated alkanes) is 1. The molecule has 0 aliphatic carbocycles. The van der Waals surface area contributed by atoms with Gasteiger partial charge in [0, 0.05) is 31.1 Å². The van der Waals surface area contributed by atoms with E-state index in [-0.39, 0.29) is 24.8 Å². The van der Waals surface area contributed by atoms with Crippen molar-refractivity contribution in [3.8, 4) is 0 Å². The summed E-state index contributed by atoms with van der Waals surface area (Å²) in [5.74, 6) is -0.404. The lowest BCUT2D eigenvalue weighted by molar-refractivity contribution is -0.140. The van der Waals surface area contributed by atoms with Gasteiger partial charge in [0.2, 0.25) is 21.8 Å². The van der Waals surface area contributed by atoms with Gasteiger partial charge in [0.15, 0.2) is 0 Å². The Balaban J connectivity index is 2.15. The molecule has 2 amide bonds. The second-order valence-corrected chi connectivity index (χ2v) is 11.0. The highest BCUT2D eigenvalue weighted by molar-refractivity contribution is 7.92. The molecule has 0 fully saturated rings. The summed E-state index contributed by atoms with van der Waals surface area (Å²) in [5.41, 5.74) is 2.08. The van der Waals surface area contributed by atoms with Gasteiger partial charge in [-0.2, -0.15) is 0 Å². The van der Waals surface area contributed by atoms with E-state index in [4.69, 9.17) is 11.6 Å². The quantitative estimate of drug-likeness (QED) is 0.392. The van der Waals surface area contributed by atoms with E-state index >= 15 is 0 Å². The molecular formula is C26H36ClN3O4S. The largest absolute Gasteiger partial charge is 0.354 e. The molecule has 0 heterocycles. The lowest BCUT2D eigenvalue weighted by Gasteiger charge is -2.29. The Morgan fingerprint density at radius 3 is 2.37 bits per heavy atom. The monoisotopic (exact) mass is 521 g/mol. The summed E-state index contributed by atoms with van der Waals surface area (Å²) in [6, 6.07) is 14.0. The van der Waals surface area contributed by atoms with Crippen LogP contribution in [0.1, 0.15) is 50.7 Å². The second kappa shape index (κ2) is 13.5. The van der Waals surface area contributed by atoms with Crippen LogP contribution in [-0.2, 0) is 26.2 Å². The summed E-state index contributed by atoms with van der Waals surface area (Å²) >= 11 is 6.20. The van der Waals surface area contributed by atoms with Crippen LogP contribution in [0, 0.1) is 6.92 Å². The first kappa shape index (κ1) is 28.7. The molecule has 2 aromatic carbocycles. The number of benzene rings is 2. The summed E-state index contributed by atoms with van der Waals surface area (Å²) < 4.78 is 26.3. The van der Waals surface area contributed by atoms with E-state index in [1.165, 1.54) is 4.31 Å². The number of carbonyl (C=O) groups excluding carboxylic acids is 2. The van der Waals surface area contributed by atoms with Crippen LogP contribution < -0.4 is 9.62 Å². The van der Waals surface area contributed by atoms with E-state index in [0.717, 1.165) is 24.7 Å². The molecule has 1 unspecified atom stereocenters. The van der Waals surface area contributed by atoms with Gasteiger partial charge >= 0.3 is 0 Å². The zero-order chi connectivity index (χ0) is 26.0. The van der Waals surface area contributed by atoms with Gasteiger partial charge in [0.05, 0.1) is 11.9 Å². The molecule has 2 rings (SSSR count). The lowest BCUT2D eigenvalue weighted by Crippen LogP contribution is -2.48. The minimum absolute atomic E-state index is 0.102. The smallest absolute Gasteiger partial charge is 0.242 e. The SMILES string of the molecule is CCCCNC(=O)C(C)N(Cc1ccccc1)C(=O)CCCN(c1cccc(Cl)c1C)S(C)(=O)=O. The van der Waals surface area contributed by atoms with Crippen molar-refractivity contribution in [2.45, 2.75) is 59.0 Å². The fraction of sp³-hybridized carbons (Fsp3) is 0.462. The third-order valence-electron chi connectivity index (χ3n) is 5.85. The predicted octanol–water partition coefficient (Wildman–Crippen LogP) is 4.53. The summed E-state index contributed by atoms with van der Waals surface area (Å²) in [5, 5.41) is 3.37. The third-order valence-corrected chi connectivity index (χ3v) is 7.44. The Hall–Kier alpha value is -2.58. The number of carbonyl (C=O) groups is 2. The number of hydrogen-bond donors (Lipinski definition) is 1. The maximum atomic E-state index is 13.3. The van der Waals surface area contributed by atoms with Gasteiger partial charge in [0.25, 0.3) is 0 Å². The summed E-state index contributed by atoms with van der Waals surface area (Å²) in [6.45, 7) is 6.52. The zero-order valence-electron chi connectivity index (χ0n) is 21.0. The van der Waals surface area contributed by atoms with Crippen LogP contribution in [0.4, 0.5) is 5.69 Å². The van der Waals surface area contributed by atoms with Crippen molar-refractivity contribution in [2.75, 3.05) is 23.7 Å². The van der Waals surface area contributed by atoms with Gasteiger partial charge in [-0.3, -0.25) is 13.9 Å². The number of rotatable bonds is 13. The van der Waals surface area contributed by atoms with E-state index in [9.17, 15) is 18.0 Å². The molecule has 0 aromatic heterocycles. The van der Waals surface area contributed by atoms with E-state index < -0.39 is 16.1 Å². The van der Waals surface area contributed by atoms with Crippen LogP contribution in [-0.4, -0.2) is 50.5 Å². The standard InChI is InChI=1S/C26H36ClN3O4S/c1-5-6-17-28-26(32)21(3)29(19-22-12-8-7-9-13-22)25(31)16-11-18-30(35(4,33)34)24-15-10-14-23(27)20(24)2/h7-10,12-15,21H,5-6,11,16-19H2,1-4H3,(H,28,32). The highest BCUT2D eigenvalue weighted by atomic mass is 35.5. The predicted molar refractivity (Wildman–Crippen MR) is 142 cm³/mol. The molecule has 0 aliphatic heterocycles. The zero-order valence-corrected chi connectivity index (χ0v) is 22.5. The molecule has 192 valence electrons. The Morgan fingerprint density at radius 2 is 1.74 bits per heavy atom. The van der Waals surface area contributed by atoms with Crippen LogP contribution in [0.15, 0.2) is 48.5 Å². The molecule has 1 N–H and O–H groups in total. The molecule has 0 spiro atoms. The first-order valence-electron chi connectivity index (χ1n) is 11.9. The maximum Gasteiger partial charge on any atom is 0.242 e. The van der Waals surface area contributed by atoms with Crippen LogP contribution >= 0.6 is 11.6 Å². The highest BCUT2D eigenvalue weighted by Crippen LogP contribution is 2.28. The molecule has 9 heteroatoms. The third kappa shape index (κ3) is 8.54. The Morgan fingerprint density at radius 1 is 1.06 bits per heavy atom. The lowest BCUT2D eigenvalue weighted by atomic mass is 10.1. The van der Waals surface area contributed by atoms with Gasteiger partial charge in [-0.1, -0.05) is 61.3 Å². The molecule has 0 bridgehead atoms. The molecule has 0 saturated heterocycles. The first-order valence-corrected chi connectivity index (χ1v) is 14.1. The number of amides is 2. The second-order valence-electron chi connectivity index (χ2n) is 8.65. The highest BCUT2D eigenvalue weighted by Gasteiger charge is 2.26. The van der Waals surface area contributed by atoms with E-state index in [0.29, 0.717) is 35.8 Å². The fourth-order valence-corrected chi connectivity index (χ4v) is 4.93. The Bertz CT molecular complexity index is 1090. The molecule has 7 nitrogen and oxygen atoms in total. The average Bonchev–Trinajstić information content (AvgIpc) is 2.82. The minimum atomic E-state index is -3.58. The molecule has 1 atom stereocenters. The van der Waals surface area contributed by atoms with E-state index in [2.05, 4.69) is 5.32 Å². The van der Waals surface area contributed by atoms with Gasteiger partial charge in [-0.25, -0.2) is 8.42 Å². The molecule has 2 aromatic rings. The van der Waals surface area contributed by atoms with Crippen LogP contribution in [0.25, 0.3) is 0 Å². The number of nitrogens with one attached hydrogen (secondary N) is 1. The van der Waals surface area contributed by atoms with Crippen molar-refractivity contribution >= 4 is 39.1 Å². The summed E-state index contributed by atoms with van der Waals surface area (Å²) in [6.07, 6.45) is 3.37. The first-order chi connectivity index (χ1) is 16.6. The van der Waals surface area contributed by atoms with Gasteiger partial charge in [0.1, 0.15) is 6.04 Å². The normalized spacial score (nSPS) is 12.1. The van der Waals surface area contributed by atoms with Crippen molar-refractivity contribution < 1.29 is 18.0 Å². The minimum Gasteiger partial charge on any atom is -0.354 e. The number of sulfonamides is 1. The topological polar surface area (TPSA) is 86.8 Å². The molecule has 35 heavy (non-hydrogen) atoms. The van der Waals surface area contributed by atoms with E-state index in [1.54, 1.807) is 36.9 Å². The number of anilines is 1. The van der Waals surface area contributed by atoms with E-state index in [1.807, 2.05) is 37.3 Å². The van der Waals surface area contributed by atoms with Gasteiger partial charge in [-0.15, -0.1) is 0 Å². The van der Waals surface area contributed by atoms with Crippen molar-refractivity contribution in [2.24, 2.45) is 0 Å². The Labute approximate surface area is 214 Å². The Kier molecular flexibility index (Phi) is 11.0.